The molecule has 0 aliphatic heterocycles. The van der Waals surface area contributed by atoms with Crippen LogP contribution in [0.1, 0.15) is 13.8 Å². The molecule has 0 N–H and O–H groups in total. The lowest BCUT2D eigenvalue weighted by molar-refractivity contribution is -0.120. The molecule has 2 atom stereocenters. The minimum atomic E-state index is -0.398. The van der Waals surface area contributed by atoms with Gasteiger partial charge in [0.2, 0.25) is 0 Å². The van der Waals surface area contributed by atoms with Gasteiger partial charge >= 0.3 is 0 Å². The van der Waals surface area contributed by atoms with Crippen LogP contribution in [0.2, 0.25) is 0 Å². The first-order valence-corrected chi connectivity index (χ1v) is 4.59. The summed E-state index contributed by atoms with van der Waals surface area (Å²) >= 11 is 6.18. The average Bonchev–Trinajstić information content (AvgIpc) is 1.84. The van der Waals surface area contributed by atoms with E-state index < -0.39 is 9.65 Å². The molecule has 0 aromatic heterocycles. The van der Waals surface area contributed by atoms with Crippen molar-refractivity contribution in [2.75, 3.05) is 0 Å². The van der Waals surface area contributed by atoms with Crippen molar-refractivity contribution in [2.24, 2.45) is 0 Å². The van der Waals surface area contributed by atoms with E-state index in [-0.39, 0.29) is 11.6 Å². The predicted octanol–water partition coefficient (Wildman–Crippen LogP) is 1.69. The number of carbonyl (C=O) groups excluding carboxylic acids is 2. The highest BCUT2D eigenvalue weighted by Crippen LogP contribution is 2.15. The predicted molar refractivity (Wildman–Crippen MR) is 46.8 cm³/mol. The molecule has 0 fully saturated rings. The van der Waals surface area contributed by atoms with Crippen LogP contribution in [-0.2, 0) is 9.59 Å². The lowest BCUT2D eigenvalue weighted by atomic mass is 10.2. The first-order valence-electron chi connectivity index (χ1n) is 2.76. The van der Waals surface area contributed by atoms with Gasteiger partial charge in [-0.05, 0) is 13.8 Å². The number of alkyl halides is 2. The van der Waals surface area contributed by atoms with E-state index in [1.54, 1.807) is 0 Å². The molecule has 0 aromatic rings. The molecule has 10 heavy (non-hydrogen) atoms. The zero-order valence-electron chi connectivity index (χ0n) is 5.73. The Morgan fingerprint density at radius 2 is 1.20 bits per heavy atom. The van der Waals surface area contributed by atoms with E-state index in [2.05, 4.69) is 31.9 Å². The standard InChI is InChI=1S/C6H8Br2O2/c1-3(9)5(7)6(8)4(2)10/h5-6H,1-2H3. The van der Waals surface area contributed by atoms with Crippen molar-refractivity contribution in [1.82, 2.24) is 0 Å². The lowest BCUT2D eigenvalue weighted by Gasteiger charge is -2.08. The Labute approximate surface area is 76.6 Å². The van der Waals surface area contributed by atoms with E-state index in [1.165, 1.54) is 13.8 Å². The van der Waals surface area contributed by atoms with Gasteiger partial charge in [-0.1, -0.05) is 31.9 Å². The van der Waals surface area contributed by atoms with Gasteiger partial charge in [0.1, 0.15) is 11.6 Å². The summed E-state index contributed by atoms with van der Waals surface area (Å²) < 4.78 is 0. The molecular weight excluding hydrogens is 264 g/mol. The van der Waals surface area contributed by atoms with E-state index in [9.17, 15) is 9.59 Å². The Bertz CT molecular complexity index is 138. The number of rotatable bonds is 3. The number of hydrogen-bond acceptors (Lipinski definition) is 2. The number of hydrogen-bond donors (Lipinski definition) is 0. The molecule has 0 saturated carbocycles. The number of ketones is 2. The molecule has 0 aliphatic carbocycles. The zero-order chi connectivity index (χ0) is 8.31. The van der Waals surface area contributed by atoms with Crippen molar-refractivity contribution in [3.8, 4) is 0 Å². The fourth-order valence-electron chi connectivity index (χ4n) is 0.412. The van der Waals surface area contributed by atoms with Crippen LogP contribution in [0.5, 0.6) is 0 Å². The fourth-order valence-corrected chi connectivity index (χ4v) is 1.16. The maximum absolute atomic E-state index is 10.7. The summed E-state index contributed by atoms with van der Waals surface area (Å²) in [5, 5.41) is 0. The summed E-state index contributed by atoms with van der Waals surface area (Å²) in [6.45, 7) is 2.88. The Kier molecular flexibility index (Phi) is 4.36. The van der Waals surface area contributed by atoms with Crippen LogP contribution in [0.4, 0.5) is 0 Å². The van der Waals surface area contributed by atoms with E-state index in [0.717, 1.165) is 0 Å². The maximum atomic E-state index is 10.7. The third-order valence-corrected chi connectivity index (χ3v) is 4.09. The summed E-state index contributed by atoms with van der Waals surface area (Å²) in [6.07, 6.45) is 0. The summed E-state index contributed by atoms with van der Waals surface area (Å²) in [7, 11) is 0. The van der Waals surface area contributed by atoms with Gasteiger partial charge < -0.3 is 0 Å². The molecule has 0 aliphatic rings. The van der Waals surface area contributed by atoms with Crippen molar-refractivity contribution in [2.45, 2.75) is 23.5 Å². The zero-order valence-corrected chi connectivity index (χ0v) is 8.90. The summed E-state index contributed by atoms with van der Waals surface area (Å²) in [4.78, 5) is 20.5. The van der Waals surface area contributed by atoms with Gasteiger partial charge in [-0.15, -0.1) is 0 Å². The lowest BCUT2D eigenvalue weighted by Crippen LogP contribution is -2.27. The highest BCUT2D eigenvalue weighted by atomic mass is 79.9. The summed E-state index contributed by atoms with van der Waals surface area (Å²) in [5.74, 6) is -0.0887. The van der Waals surface area contributed by atoms with Crippen LogP contribution in [0, 0.1) is 0 Å². The van der Waals surface area contributed by atoms with Crippen LogP contribution in [0.25, 0.3) is 0 Å². The minimum Gasteiger partial charge on any atom is -0.299 e. The number of carbonyl (C=O) groups is 2. The van der Waals surface area contributed by atoms with Crippen molar-refractivity contribution in [3.05, 3.63) is 0 Å². The first kappa shape index (κ1) is 10.3. The van der Waals surface area contributed by atoms with Gasteiger partial charge in [0.05, 0.1) is 9.65 Å². The molecule has 2 nitrogen and oxygen atoms in total. The molecule has 2 unspecified atom stereocenters. The van der Waals surface area contributed by atoms with E-state index >= 15 is 0 Å². The van der Waals surface area contributed by atoms with Gasteiger partial charge in [-0.25, -0.2) is 0 Å². The third-order valence-electron chi connectivity index (χ3n) is 1.03. The SMILES string of the molecule is CC(=O)C(Br)C(Br)C(C)=O. The minimum absolute atomic E-state index is 0.0444. The topological polar surface area (TPSA) is 34.1 Å². The molecular formula is C6H8Br2O2. The molecule has 0 bridgehead atoms. The maximum Gasteiger partial charge on any atom is 0.145 e. The van der Waals surface area contributed by atoms with Gasteiger partial charge in [-0.3, -0.25) is 9.59 Å². The van der Waals surface area contributed by atoms with E-state index in [4.69, 9.17) is 0 Å². The Morgan fingerprint density at radius 1 is 1.00 bits per heavy atom. The Balaban J connectivity index is 4.07. The quantitative estimate of drug-likeness (QED) is 0.732. The molecule has 0 saturated heterocycles. The van der Waals surface area contributed by atoms with Gasteiger partial charge in [-0.2, -0.15) is 0 Å². The smallest absolute Gasteiger partial charge is 0.145 e. The fraction of sp³-hybridized carbons (Fsp3) is 0.667. The molecule has 0 spiro atoms. The number of Topliss-reactive ketones (excluding diaryl/α,β-unsaturated/α-hetero) is 2. The van der Waals surface area contributed by atoms with Crippen molar-refractivity contribution in [1.29, 1.82) is 0 Å². The van der Waals surface area contributed by atoms with Crippen molar-refractivity contribution >= 4 is 43.4 Å². The second kappa shape index (κ2) is 4.23. The molecule has 0 amide bonds. The van der Waals surface area contributed by atoms with Crippen molar-refractivity contribution in [3.63, 3.8) is 0 Å². The molecule has 0 radical (unpaired) electrons. The van der Waals surface area contributed by atoms with Crippen LogP contribution in [-0.4, -0.2) is 21.2 Å². The van der Waals surface area contributed by atoms with Gasteiger partial charge in [0.25, 0.3) is 0 Å². The molecule has 58 valence electrons. The van der Waals surface area contributed by atoms with Gasteiger partial charge in [0, 0.05) is 0 Å². The van der Waals surface area contributed by atoms with Crippen LogP contribution in [0.15, 0.2) is 0 Å². The monoisotopic (exact) mass is 270 g/mol. The first-order chi connectivity index (χ1) is 4.46. The van der Waals surface area contributed by atoms with Gasteiger partial charge in [0.15, 0.2) is 0 Å². The summed E-state index contributed by atoms with van der Waals surface area (Å²) in [6, 6.07) is 0. The second-order valence-corrected chi connectivity index (χ2v) is 4.00. The van der Waals surface area contributed by atoms with Crippen molar-refractivity contribution < 1.29 is 9.59 Å². The van der Waals surface area contributed by atoms with E-state index in [1.807, 2.05) is 0 Å². The largest absolute Gasteiger partial charge is 0.299 e. The second-order valence-electron chi connectivity index (χ2n) is 2.02. The molecule has 4 heteroatoms. The van der Waals surface area contributed by atoms with Crippen LogP contribution >= 0.6 is 31.9 Å². The third kappa shape index (κ3) is 2.92. The Morgan fingerprint density at radius 3 is 1.30 bits per heavy atom. The van der Waals surface area contributed by atoms with E-state index in [0.29, 0.717) is 0 Å². The average molecular weight is 272 g/mol. The normalized spacial score (nSPS) is 16.0. The summed E-state index contributed by atoms with van der Waals surface area (Å²) in [5.41, 5.74) is 0. The molecule has 0 heterocycles. The highest BCUT2D eigenvalue weighted by molar-refractivity contribution is 9.12. The van der Waals surface area contributed by atoms with Crippen LogP contribution < -0.4 is 0 Å². The highest BCUT2D eigenvalue weighted by Gasteiger charge is 2.23. The molecule has 0 aromatic carbocycles. The molecule has 0 rings (SSSR count). The van der Waals surface area contributed by atoms with Crippen LogP contribution in [0.3, 0.4) is 0 Å². The Hall–Kier alpha value is 0.300. The number of halogens is 2.